The molecule has 0 unspecified atom stereocenters. The highest BCUT2D eigenvalue weighted by Crippen LogP contribution is 2.30. The van der Waals surface area contributed by atoms with Crippen molar-refractivity contribution in [3.63, 3.8) is 0 Å². The summed E-state index contributed by atoms with van der Waals surface area (Å²) in [5.74, 6) is -0.136. The van der Waals surface area contributed by atoms with Crippen LogP contribution in [-0.4, -0.2) is 31.9 Å². The van der Waals surface area contributed by atoms with Gasteiger partial charge in [0.25, 0.3) is 5.91 Å². The molecule has 22 heavy (non-hydrogen) atoms. The molecular weight excluding hydrogens is 276 g/mol. The number of imidazole rings is 1. The third-order valence-electron chi connectivity index (χ3n) is 4.37. The van der Waals surface area contributed by atoms with E-state index < -0.39 is 6.98 Å². The predicted molar refractivity (Wildman–Crippen MR) is 84.7 cm³/mol. The van der Waals surface area contributed by atoms with Crippen LogP contribution in [0.1, 0.15) is 31.6 Å². The second kappa shape index (κ2) is 4.73. The standard InChI is InChI=1S/C17H18N4O/c1-11-13(19-10-18-11)9-21-8-7-15-16(17(21)22)12-5-3-4-6-14(12)20(15)2/h3-6,10H,7-9H2,1-2H3,(H,18,19)/i2D3. The minimum Gasteiger partial charge on any atom is -0.348 e. The van der Waals surface area contributed by atoms with Crippen molar-refractivity contribution in [2.75, 3.05) is 6.54 Å². The lowest BCUT2D eigenvalue weighted by atomic mass is 10.0. The number of carbonyl (C=O) groups excluding carboxylic acids is 1. The number of aromatic nitrogens is 3. The molecule has 0 spiro atoms. The van der Waals surface area contributed by atoms with Crippen LogP contribution in [0.4, 0.5) is 0 Å². The van der Waals surface area contributed by atoms with Crippen LogP contribution < -0.4 is 0 Å². The van der Waals surface area contributed by atoms with Gasteiger partial charge in [0, 0.05) is 46.3 Å². The average Bonchev–Trinajstić information content (AvgIpc) is 3.11. The van der Waals surface area contributed by atoms with Gasteiger partial charge in [0.15, 0.2) is 0 Å². The van der Waals surface area contributed by atoms with E-state index in [2.05, 4.69) is 9.97 Å². The highest BCUT2D eigenvalue weighted by Gasteiger charge is 2.30. The van der Waals surface area contributed by atoms with Gasteiger partial charge in [-0.2, -0.15) is 0 Å². The number of aryl methyl sites for hydroxylation is 2. The normalized spacial score (nSPS) is 17.2. The summed E-state index contributed by atoms with van der Waals surface area (Å²) in [6.45, 7) is 0.503. The third-order valence-corrected chi connectivity index (χ3v) is 4.37. The largest absolute Gasteiger partial charge is 0.348 e. The molecule has 0 aliphatic carbocycles. The number of para-hydroxylation sites is 1. The zero-order valence-corrected chi connectivity index (χ0v) is 12.3. The highest BCUT2D eigenvalue weighted by atomic mass is 16.2. The zero-order chi connectivity index (χ0) is 17.8. The monoisotopic (exact) mass is 297 g/mol. The Morgan fingerprint density at radius 1 is 1.41 bits per heavy atom. The van der Waals surface area contributed by atoms with Crippen LogP contribution >= 0.6 is 0 Å². The summed E-state index contributed by atoms with van der Waals surface area (Å²) in [7, 11) is 0. The number of hydrogen-bond acceptors (Lipinski definition) is 2. The van der Waals surface area contributed by atoms with Gasteiger partial charge in [0.2, 0.25) is 0 Å². The lowest BCUT2D eigenvalue weighted by Gasteiger charge is -2.27. The van der Waals surface area contributed by atoms with Gasteiger partial charge in [-0.1, -0.05) is 18.2 Å². The number of aromatic amines is 1. The molecule has 0 saturated heterocycles. The quantitative estimate of drug-likeness (QED) is 0.789. The molecule has 0 radical (unpaired) electrons. The Balaban J connectivity index is 1.83. The number of nitrogens with one attached hydrogen (secondary N) is 1. The SMILES string of the molecule is [2H]C([2H])([2H])n1c2c(c3ccccc31)C(=O)N(Cc1nc[nH]c1C)CC2. The Kier molecular flexibility index (Phi) is 2.20. The van der Waals surface area contributed by atoms with E-state index in [-0.39, 0.29) is 5.91 Å². The second-order valence-corrected chi connectivity index (χ2v) is 5.63. The summed E-state index contributed by atoms with van der Waals surface area (Å²) in [6, 6.07) is 7.20. The van der Waals surface area contributed by atoms with Gasteiger partial charge in [-0.15, -0.1) is 0 Å². The third kappa shape index (κ3) is 1.78. The van der Waals surface area contributed by atoms with Crippen LogP contribution in [0.3, 0.4) is 0 Å². The Labute approximate surface area is 132 Å². The topological polar surface area (TPSA) is 53.9 Å². The maximum Gasteiger partial charge on any atom is 0.256 e. The lowest BCUT2D eigenvalue weighted by Crippen LogP contribution is -2.37. The molecular formula is C17H18N4O. The number of H-pyrrole nitrogens is 1. The summed E-state index contributed by atoms with van der Waals surface area (Å²) >= 11 is 0. The van der Waals surface area contributed by atoms with Crippen molar-refractivity contribution in [2.45, 2.75) is 19.9 Å². The molecule has 1 aliphatic rings. The second-order valence-electron chi connectivity index (χ2n) is 5.63. The molecule has 1 N–H and O–H groups in total. The van der Waals surface area contributed by atoms with E-state index in [0.717, 1.165) is 11.4 Å². The van der Waals surface area contributed by atoms with E-state index in [1.54, 1.807) is 23.4 Å². The van der Waals surface area contributed by atoms with Crippen molar-refractivity contribution in [3.8, 4) is 0 Å². The van der Waals surface area contributed by atoms with Crippen LogP contribution in [-0.2, 0) is 19.9 Å². The lowest BCUT2D eigenvalue weighted by molar-refractivity contribution is 0.0725. The van der Waals surface area contributed by atoms with E-state index >= 15 is 0 Å². The smallest absolute Gasteiger partial charge is 0.256 e. The maximum atomic E-state index is 13.1. The van der Waals surface area contributed by atoms with E-state index in [1.165, 1.54) is 4.57 Å². The van der Waals surface area contributed by atoms with Gasteiger partial charge in [0.05, 0.1) is 24.1 Å². The van der Waals surface area contributed by atoms with Crippen molar-refractivity contribution in [2.24, 2.45) is 6.98 Å². The number of fused-ring (bicyclic) bond motifs is 3. The number of rotatable bonds is 2. The van der Waals surface area contributed by atoms with Crippen molar-refractivity contribution in [3.05, 3.63) is 53.2 Å². The van der Waals surface area contributed by atoms with Gasteiger partial charge in [-0.05, 0) is 13.0 Å². The van der Waals surface area contributed by atoms with Gasteiger partial charge in [-0.3, -0.25) is 4.79 Å². The number of carbonyl (C=O) groups is 1. The predicted octanol–water partition coefficient (Wildman–Crippen LogP) is 2.41. The fourth-order valence-corrected chi connectivity index (χ4v) is 3.15. The molecule has 3 heterocycles. The van der Waals surface area contributed by atoms with Crippen molar-refractivity contribution >= 4 is 16.8 Å². The summed E-state index contributed by atoms with van der Waals surface area (Å²) in [5, 5.41) is 0.696. The molecule has 1 amide bonds. The first kappa shape index (κ1) is 10.2. The fraction of sp³-hybridized carbons (Fsp3) is 0.294. The molecule has 0 saturated carbocycles. The number of nitrogens with zero attached hydrogens (tertiary/aromatic N) is 3. The molecule has 4 rings (SSSR count). The molecule has 0 fully saturated rings. The van der Waals surface area contributed by atoms with Gasteiger partial charge in [-0.25, -0.2) is 4.98 Å². The molecule has 112 valence electrons. The van der Waals surface area contributed by atoms with Gasteiger partial charge < -0.3 is 14.5 Å². The van der Waals surface area contributed by atoms with Crippen LogP contribution in [0.15, 0.2) is 30.6 Å². The van der Waals surface area contributed by atoms with E-state index in [0.29, 0.717) is 41.7 Å². The van der Waals surface area contributed by atoms with E-state index in [9.17, 15) is 4.79 Å². The molecule has 3 aromatic rings. The van der Waals surface area contributed by atoms with Crippen LogP contribution in [0.25, 0.3) is 10.9 Å². The molecule has 0 atom stereocenters. The Bertz CT molecular complexity index is 970. The fourth-order valence-electron chi connectivity index (χ4n) is 3.15. The number of hydrogen-bond donors (Lipinski definition) is 1. The Morgan fingerprint density at radius 3 is 3.05 bits per heavy atom. The summed E-state index contributed by atoms with van der Waals surface area (Å²) < 4.78 is 25.0. The van der Waals surface area contributed by atoms with Crippen molar-refractivity contribution in [1.29, 1.82) is 0 Å². The van der Waals surface area contributed by atoms with E-state index in [1.807, 2.05) is 19.1 Å². The number of benzene rings is 1. The highest BCUT2D eigenvalue weighted by molar-refractivity contribution is 6.09. The first-order chi connectivity index (χ1) is 11.9. The van der Waals surface area contributed by atoms with Crippen molar-refractivity contribution in [1.82, 2.24) is 19.4 Å². The molecule has 0 bridgehead atoms. The van der Waals surface area contributed by atoms with E-state index in [4.69, 9.17) is 4.11 Å². The molecule has 1 aliphatic heterocycles. The summed E-state index contributed by atoms with van der Waals surface area (Å²) in [4.78, 5) is 22.1. The van der Waals surface area contributed by atoms with Gasteiger partial charge >= 0.3 is 0 Å². The maximum absolute atomic E-state index is 13.1. The van der Waals surface area contributed by atoms with Crippen LogP contribution in [0.5, 0.6) is 0 Å². The van der Waals surface area contributed by atoms with Crippen molar-refractivity contribution < 1.29 is 8.91 Å². The Morgan fingerprint density at radius 2 is 2.27 bits per heavy atom. The first-order valence-electron chi connectivity index (χ1n) is 8.79. The first-order valence-corrected chi connectivity index (χ1v) is 7.29. The molecule has 2 aromatic heterocycles. The summed E-state index contributed by atoms with van der Waals surface area (Å²) in [5.41, 5.74) is 3.45. The molecule has 5 heteroatoms. The minimum atomic E-state index is -2.31. The van der Waals surface area contributed by atoms with Gasteiger partial charge in [0.1, 0.15) is 0 Å². The molecule has 5 nitrogen and oxygen atoms in total. The Hall–Kier alpha value is -2.56. The zero-order valence-electron chi connectivity index (χ0n) is 15.3. The minimum absolute atomic E-state index is 0.136. The average molecular weight is 297 g/mol. The summed E-state index contributed by atoms with van der Waals surface area (Å²) in [6.07, 6.45) is 2.13. The van der Waals surface area contributed by atoms with Crippen LogP contribution in [0.2, 0.25) is 0 Å². The number of amides is 1. The molecule has 1 aromatic carbocycles. The van der Waals surface area contributed by atoms with Crippen LogP contribution in [0, 0.1) is 6.92 Å².